The van der Waals surface area contributed by atoms with Crippen LogP contribution in [-0.4, -0.2) is 129 Å². The number of aliphatic hydroxyl groups is 2. The van der Waals surface area contributed by atoms with Gasteiger partial charge in [-0.2, -0.15) is 0 Å². The van der Waals surface area contributed by atoms with Crippen molar-refractivity contribution in [3.63, 3.8) is 0 Å². The molecule has 0 rings (SSSR count). The Morgan fingerprint density at radius 2 is 1.12 bits per heavy atom. The Bertz CT molecular complexity index is 1230. The van der Waals surface area contributed by atoms with Crippen LogP contribution in [-0.2, 0) is 43.2 Å². The minimum atomic E-state index is -1.86. The number of hydrogen-bond donors (Lipinski definition) is 12. The van der Waals surface area contributed by atoms with Crippen molar-refractivity contribution in [1.29, 1.82) is 0 Å². The molecule has 278 valence electrons. The lowest BCUT2D eigenvalue weighted by Crippen LogP contribution is -2.62. The number of aliphatic carboxylic acids is 2. The van der Waals surface area contributed by atoms with E-state index < -0.39 is 128 Å². The maximum Gasteiger partial charge on any atom is 0.326 e. The van der Waals surface area contributed by atoms with E-state index in [9.17, 15) is 63.6 Å². The summed E-state index contributed by atoms with van der Waals surface area (Å²) >= 11 is 0. The maximum atomic E-state index is 13.2. The molecule has 0 radical (unpaired) electrons. The lowest BCUT2D eigenvalue weighted by atomic mass is 10.0. The van der Waals surface area contributed by atoms with Gasteiger partial charge in [0.25, 0.3) is 0 Å². The van der Waals surface area contributed by atoms with E-state index in [1.54, 1.807) is 13.8 Å². The van der Waals surface area contributed by atoms with Gasteiger partial charge in [-0.25, -0.2) is 4.79 Å². The van der Waals surface area contributed by atoms with E-state index in [4.69, 9.17) is 11.5 Å². The summed E-state index contributed by atoms with van der Waals surface area (Å²) in [6.07, 6.45) is -3.74. The first-order valence-electron chi connectivity index (χ1n) is 15.2. The van der Waals surface area contributed by atoms with Gasteiger partial charge in [-0.3, -0.25) is 38.4 Å². The summed E-state index contributed by atoms with van der Waals surface area (Å²) in [5.41, 5.74) is 10.7. The molecule has 14 N–H and O–H groups in total. The van der Waals surface area contributed by atoms with Gasteiger partial charge in [-0.15, -0.1) is 0 Å². The molecule has 0 unspecified atom stereocenters. The zero-order valence-electron chi connectivity index (χ0n) is 27.8. The summed E-state index contributed by atoms with van der Waals surface area (Å²) in [5.74, 6) is -10.3. The maximum absolute atomic E-state index is 13.2. The van der Waals surface area contributed by atoms with Crippen LogP contribution < -0.4 is 43.4 Å². The molecule has 0 aromatic heterocycles. The van der Waals surface area contributed by atoms with Crippen LogP contribution in [0.5, 0.6) is 0 Å². The van der Waals surface area contributed by atoms with Crippen molar-refractivity contribution in [3.8, 4) is 0 Å². The number of rotatable bonds is 22. The fraction of sp³-hybridized carbons (Fsp3) is 0.679. The average molecular weight is 705 g/mol. The number of amides is 7. The molecule has 0 aliphatic carbocycles. The van der Waals surface area contributed by atoms with Crippen molar-refractivity contribution in [3.05, 3.63) is 0 Å². The van der Waals surface area contributed by atoms with E-state index in [2.05, 4.69) is 31.9 Å². The van der Waals surface area contributed by atoms with E-state index in [1.165, 1.54) is 13.8 Å². The summed E-state index contributed by atoms with van der Waals surface area (Å²) in [6.45, 7) is 6.07. The second-order valence-corrected chi connectivity index (χ2v) is 11.7. The first-order chi connectivity index (χ1) is 22.6. The smallest absolute Gasteiger partial charge is 0.326 e. The zero-order chi connectivity index (χ0) is 38.2. The van der Waals surface area contributed by atoms with Gasteiger partial charge in [0.1, 0.15) is 36.3 Å². The standard InChI is InChI=1S/C28H48N8O13/c1-11(2)8-17(28(48)49)34-26(46)18(10-37)35-27(47)21(14(5)38)36-24(44)15(6-7-20(40)41)32-25(45)16(9-19(30)39)33-23(43)13(4)31-22(42)12(3)29/h11-18,21,37-38H,6-10,29H2,1-5H3,(H2,30,39)(H,31,42)(H,32,45)(H,33,43)(H,34,46)(H,35,47)(H,36,44)(H,40,41)(H,48,49)/t12-,13-,14+,15-,16-,17-,18-,21-/m0/s1. The summed E-state index contributed by atoms with van der Waals surface area (Å²) in [7, 11) is 0. The van der Waals surface area contributed by atoms with Crippen LogP contribution >= 0.6 is 0 Å². The monoisotopic (exact) mass is 704 g/mol. The number of hydrogen-bond acceptors (Lipinski definition) is 12. The minimum Gasteiger partial charge on any atom is -0.481 e. The molecule has 0 aromatic carbocycles. The third kappa shape index (κ3) is 16.7. The van der Waals surface area contributed by atoms with Gasteiger partial charge in [0, 0.05) is 6.42 Å². The highest BCUT2D eigenvalue weighted by Crippen LogP contribution is 2.07. The molecular weight excluding hydrogens is 656 g/mol. The predicted octanol–water partition coefficient (Wildman–Crippen LogP) is -5.49. The first-order valence-corrected chi connectivity index (χ1v) is 15.2. The molecule has 0 aliphatic heterocycles. The lowest BCUT2D eigenvalue weighted by Gasteiger charge is -2.27. The molecule has 0 saturated heterocycles. The van der Waals surface area contributed by atoms with Gasteiger partial charge in [0.05, 0.1) is 25.2 Å². The Hall–Kier alpha value is -4.89. The van der Waals surface area contributed by atoms with Crippen molar-refractivity contribution in [1.82, 2.24) is 31.9 Å². The van der Waals surface area contributed by atoms with Crippen molar-refractivity contribution in [2.24, 2.45) is 17.4 Å². The number of primary amides is 1. The van der Waals surface area contributed by atoms with E-state index >= 15 is 0 Å². The van der Waals surface area contributed by atoms with E-state index in [-0.39, 0.29) is 12.3 Å². The van der Waals surface area contributed by atoms with E-state index in [0.29, 0.717) is 0 Å². The zero-order valence-corrected chi connectivity index (χ0v) is 27.8. The summed E-state index contributed by atoms with van der Waals surface area (Å²) in [6, 6.07) is -10.6. The number of carboxylic acids is 2. The number of nitrogens with two attached hydrogens (primary N) is 2. The highest BCUT2D eigenvalue weighted by Gasteiger charge is 2.35. The second kappa shape index (κ2) is 21.2. The van der Waals surface area contributed by atoms with Crippen molar-refractivity contribution in [2.75, 3.05) is 6.61 Å². The third-order valence-electron chi connectivity index (χ3n) is 6.68. The lowest BCUT2D eigenvalue weighted by molar-refractivity contribution is -0.143. The molecule has 21 heteroatoms. The van der Waals surface area contributed by atoms with Gasteiger partial charge in [0.2, 0.25) is 41.4 Å². The van der Waals surface area contributed by atoms with Gasteiger partial charge in [0.15, 0.2) is 0 Å². The quantitative estimate of drug-likeness (QED) is 0.0500. The fourth-order valence-corrected chi connectivity index (χ4v) is 4.01. The molecule has 7 amide bonds. The molecule has 0 saturated carbocycles. The van der Waals surface area contributed by atoms with Gasteiger partial charge in [-0.05, 0) is 39.5 Å². The minimum absolute atomic E-state index is 0.0239. The normalized spacial score (nSPS) is 15.9. The number of carbonyl (C=O) groups excluding carboxylic acids is 7. The van der Waals surface area contributed by atoms with Crippen LogP contribution in [0.15, 0.2) is 0 Å². The van der Waals surface area contributed by atoms with Crippen LogP contribution in [0.1, 0.15) is 60.3 Å². The molecule has 0 fully saturated rings. The number of aliphatic hydroxyl groups excluding tert-OH is 2. The molecule has 0 aliphatic rings. The second-order valence-electron chi connectivity index (χ2n) is 11.7. The van der Waals surface area contributed by atoms with Crippen LogP contribution in [0.25, 0.3) is 0 Å². The number of nitrogens with one attached hydrogen (secondary N) is 6. The van der Waals surface area contributed by atoms with Crippen LogP contribution in [0.2, 0.25) is 0 Å². The molecule has 0 heterocycles. The molecule has 21 nitrogen and oxygen atoms in total. The van der Waals surface area contributed by atoms with Crippen molar-refractivity contribution < 1.29 is 63.6 Å². The molecular formula is C28H48N8O13. The van der Waals surface area contributed by atoms with Crippen LogP contribution in [0.3, 0.4) is 0 Å². The molecule has 0 bridgehead atoms. The Labute approximate surface area is 281 Å². The van der Waals surface area contributed by atoms with Crippen molar-refractivity contribution >= 4 is 53.3 Å². The van der Waals surface area contributed by atoms with Gasteiger partial charge in [-0.1, -0.05) is 13.8 Å². The fourth-order valence-electron chi connectivity index (χ4n) is 4.01. The Morgan fingerprint density at radius 1 is 0.633 bits per heavy atom. The molecule has 8 atom stereocenters. The summed E-state index contributed by atoms with van der Waals surface area (Å²) < 4.78 is 0. The Kier molecular flexibility index (Phi) is 19.0. The molecule has 0 aromatic rings. The first kappa shape index (κ1) is 44.1. The van der Waals surface area contributed by atoms with Crippen LogP contribution in [0.4, 0.5) is 0 Å². The summed E-state index contributed by atoms with van der Waals surface area (Å²) in [4.78, 5) is 111. The predicted molar refractivity (Wildman–Crippen MR) is 167 cm³/mol. The Balaban J connectivity index is 6.00. The van der Waals surface area contributed by atoms with E-state index in [0.717, 1.165) is 6.92 Å². The molecule has 49 heavy (non-hydrogen) atoms. The van der Waals surface area contributed by atoms with Gasteiger partial charge < -0.3 is 63.8 Å². The number of carboxylic acid groups (broad SMARTS) is 2. The van der Waals surface area contributed by atoms with E-state index in [1.807, 2.05) is 0 Å². The average Bonchev–Trinajstić information content (AvgIpc) is 2.98. The van der Waals surface area contributed by atoms with Crippen molar-refractivity contribution in [2.45, 2.75) is 109 Å². The highest BCUT2D eigenvalue weighted by molar-refractivity contribution is 5.98. The SMILES string of the molecule is CC(C)C[C@H](NC(=O)[C@H](CO)NC(=O)[C@@H](NC(=O)[C@H](CCC(=O)O)NC(=O)[C@H](CC(N)=O)NC(=O)[C@H](C)NC(=O)[C@H](C)N)[C@@H](C)O)C(=O)O. The number of carbonyl (C=O) groups is 9. The Morgan fingerprint density at radius 3 is 1.57 bits per heavy atom. The molecule has 0 spiro atoms. The largest absolute Gasteiger partial charge is 0.481 e. The third-order valence-corrected chi connectivity index (χ3v) is 6.68. The van der Waals surface area contributed by atoms with Crippen LogP contribution in [0, 0.1) is 5.92 Å². The highest BCUT2D eigenvalue weighted by atomic mass is 16.4. The van der Waals surface area contributed by atoms with Gasteiger partial charge >= 0.3 is 11.9 Å². The summed E-state index contributed by atoms with van der Waals surface area (Å²) in [5, 5.41) is 51.5. The topological polar surface area (TPSA) is 359 Å².